The highest BCUT2D eigenvalue weighted by Gasteiger charge is 2.41. The summed E-state index contributed by atoms with van der Waals surface area (Å²) in [6.45, 7) is 7.60. The van der Waals surface area contributed by atoms with E-state index in [4.69, 9.17) is 5.73 Å². The minimum absolute atomic E-state index is 0.381. The summed E-state index contributed by atoms with van der Waals surface area (Å²) in [6.07, 6.45) is 0. The van der Waals surface area contributed by atoms with Gasteiger partial charge in [0.2, 0.25) is 0 Å². The van der Waals surface area contributed by atoms with Gasteiger partial charge in [0.1, 0.15) is 11.4 Å². The van der Waals surface area contributed by atoms with Crippen molar-refractivity contribution in [2.24, 2.45) is 10.7 Å². The second-order valence-electron chi connectivity index (χ2n) is 4.13. The fraction of sp³-hybridized carbons (Fsp3) is 0.750. The third kappa shape index (κ3) is 1.48. The number of carbonyl (C=O) groups excluding carboxylic acids is 1. The van der Waals surface area contributed by atoms with Gasteiger partial charge in [-0.2, -0.15) is 0 Å². The zero-order chi connectivity index (χ0) is 9.57. The molecule has 1 heterocycles. The Kier molecular flexibility index (Phi) is 1.76. The van der Waals surface area contributed by atoms with E-state index in [0.29, 0.717) is 5.71 Å². The summed E-state index contributed by atoms with van der Waals surface area (Å²) >= 11 is 0. The largest absolute Gasteiger partial charge is 0.364 e. The maximum Gasteiger partial charge on any atom is 0.264 e. The summed E-state index contributed by atoms with van der Waals surface area (Å²) in [5, 5.41) is 3.20. The number of nitrogens with zero attached hydrogens (tertiary/aromatic N) is 1. The molecule has 0 aromatic heterocycles. The van der Waals surface area contributed by atoms with Crippen LogP contribution in [-0.4, -0.2) is 22.8 Å². The number of nitrogens with one attached hydrogen (secondary N) is 1. The fourth-order valence-corrected chi connectivity index (χ4v) is 1.63. The molecule has 0 aliphatic carbocycles. The van der Waals surface area contributed by atoms with Gasteiger partial charge in [0.25, 0.3) is 5.91 Å². The molecule has 1 aliphatic heterocycles. The maximum atomic E-state index is 11.0. The van der Waals surface area contributed by atoms with E-state index in [-0.39, 0.29) is 5.66 Å². The number of hydrogen-bond acceptors (Lipinski definition) is 3. The molecule has 0 aromatic carbocycles. The molecule has 0 radical (unpaired) electrons. The molecule has 1 amide bonds. The lowest BCUT2D eigenvalue weighted by Gasteiger charge is -2.24. The van der Waals surface area contributed by atoms with Crippen LogP contribution in [0.5, 0.6) is 0 Å². The Hall–Kier alpha value is -0.900. The van der Waals surface area contributed by atoms with Crippen molar-refractivity contribution >= 4 is 11.6 Å². The zero-order valence-corrected chi connectivity index (χ0v) is 7.93. The van der Waals surface area contributed by atoms with E-state index in [1.807, 2.05) is 27.7 Å². The first kappa shape index (κ1) is 9.19. The molecule has 68 valence electrons. The van der Waals surface area contributed by atoms with Crippen LogP contribution in [0, 0.1) is 0 Å². The van der Waals surface area contributed by atoms with Crippen LogP contribution in [0.4, 0.5) is 0 Å². The number of nitrogens with two attached hydrogens (primary N) is 1. The van der Waals surface area contributed by atoms with Crippen molar-refractivity contribution in [1.29, 1.82) is 0 Å². The standard InChI is InChI=1S/C8H15N3O/c1-7(2)5(6(9)12)10-8(3,4)11-7/h11H,1-4H3,(H2,9,12). The van der Waals surface area contributed by atoms with Gasteiger partial charge in [0.15, 0.2) is 0 Å². The number of carbonyl (C=O) groups is 1. The number of hydrogen-bond donors (Lipinski definition) is 2. The minimum Gasteiger partial charge on any atom is -0.364 e. The third-order valence-corrected chi connectivity index (χ3v) is 1.84. The first-order valence-corrected chi connectivity index (χ1v) is 3.94. The van der Waals surface area contributed by atoms with Crippen molar-refractivity contribution in [2.75, 3.05) is 0 Å². The maximum absolute atomic E-state index is 11.0. The van der Waals surface area contributed by atoms with Crippen LogP contribution >= 0.6 is 0 Å². The molecule has 4 nitrogen and oxygen atoms in total. The predicted molar refractivity (Wildman–Crippen MR) is 47.9 cm³/mol. The van der Waals surface area contributed by atoms with E-state index in [1.54, 1.807) is 0 Å². The Bertz CT molecular complexity index is 253. The predicted octanol–water partition coefficient (Wildman–Crippen LogP) is 0.0306. The monoisotopic (exact) mass is 169 g/mol. The van der Waals surface area contributed by atoms with Crippen LogP contribution < -0.4 is 11.1 Å². The van der Waals surface area contributed by atoms with Crippen molar-refractivity contribution in [1.82, 2.24) is 5.32 Å². The normalized spacial score (nSPS) is 25.2. The lowest BCUT2D eigenvalue weighted by atomic mass is 9.99. The molecule has 0 saturated carbocycles. The lowest BCUT2D eigenvalue weighted by molar-refractivity contribution is -0.112. The highest BCUT2D eigenvalue weighted by molar-refractivity contribution is 6.42. The third-order valence-electron chi connectivity index (χ3n) is 1.84. The van der Waals surface area contributed by atoms with E-state index >= 15 is 0 Å². The van der Waals surface area contributed by atoms with Crippen molar-refractivity contribution in [3.8, 4) is 0 Å². The van der Waals surface area contributed by atoms with Gasteiger partial charge in [0.05, 0.1) is 5.54 Å². The quantitative estimate of drug-likeness (QED) is 0.581. The molecule has 1 rings (SSSR count). The molecule has 1 aliphatic rings. The molecule has 12 heavy (non-hydrogen) atoms. The summed E-state index contributed by atoms with van der Waals surface area (Å²) < 4.78 is 0. The van der Waals surface area contributed by atoms with Gasteiger partial charge in [-0.1, -0.05) is 0 Å². The van der Waals surface area contributed by atoms with Gasteiger partial charge in [0, 0.05) is 0 Å². The van der Waals surface area contributed by atoms with Gasteiger partial charge in [-0.05, 0) is 27.7 Å². The number of rotatable bonds is 1. The number of aliphatic imine (C=N–C) groups is 1. The highest BCUT2D eigenvalue weighted by Crippen LogP contribution is 2.22. The Morgan fingerprint density at radius 1 is 1.42 bits per heavy atom. The summed E-state index contributed by atoms with van der Waals surface area (Å²) in [6, 6.07) is 0. The Balaban J connectivity index is 3.04. The van der Waals surface area contributed by atoms with Crippen molar-refractivity contribution in [2.45, 2.75) is 38.9 Å². The summed E-state index contributed by atoms with van der Waals surface area (Å²) in [5.41, 5.74) is 4.82. The van der Waals surface area contributed by atoms with Crippen LogP contribution in [-0.2, 0) is 4.79 Å². The molecule has 0 unspecified atom stereocenters. The SMILES string of the molecule is CC1(C)N=C(C(N)=O)C(C)(C)N1. The zero-order valence-electron chi connectivity index (χ0n) is 7.93. The number of amides is 1. The van der Waals surface area contributed by atoms with E-state index in [9.17, 15) is 4.79 Å². The van der Waals surface area contributed by atoms with Gasteiger partial charge in [-0.15, -0.1) is 0 Å². The van der Waals surface area contributed by atoms with Gasteiger partial charge < -0.3 is 5.73 Å². The van der Waals surface area contributed by atoms with Crippen molar-refractivity contribution in [3.05, 3.63) is 0 Å². The fourth-order valence-electron chi connectivity index (χ4n) is 1.63. The van der Waals surface area contributed by atoms with E-state index in [2.05, 4.69) is 10.3 Å². The van der Waals surface area contributed by atoms with Crippen LogP contribution in [0.3, 0.4) is 0 Å². The Morgan fingerprint density at radius 3 is 2.08 bits per heavy atom. The molecular formula is C8H15N3O. The summed E-state index contributed by atoms with van der Waals surface area (Å²) in [5.74, 6) is -0.446. The van der Waals surface area contributed by atoms with Crippen LogP contribution in [0.15, 0.2) is 4.99 Å². The summed E-state index contributed by atoms with van der Waals surface area (Å²) in [7, 11) is 0. The molecular weight excluding hydrogens is 154 g/mol. The smallest absolute Gasteiger partial charge is 0.264 e. The highest BCUT2D eigenvalue weighted by atomic mass is 16.1. The molecule has 0 saturated heterocycles. The van der Waals surface area contributed by atoms with E-state index in [0.717, 1.165) is 0 Å². The van der Waals surface area contributed by atoms with Gasteiger partial charge >= 0.3 is 0 Å². The molecule has 4 heteroatoms. The molecule has 0 spiro atoms. The van der Waals surface area contributed by atoms with E-state index in [1.165, 1.54) is 0 Å². The van der Waals surface area contributed by atoms with Crippen LogP contribution in [0.1, 0.15) is 27.7 Å². The average molecular weight is 169 g/mol. The Labute approximate surface area is 72.2 Å². The minimum atomic E-state index is -0.446. The summed E-state index contributed by atoms with van der Waals surface area (Å²) in [4.78, 5) is 15.2. The van der Waals surface area contributed by atoms with Crippen molar-refractivity contribution in [3.63, 3.8) is 0 Å². The van der Waals surface area contributed by atoms with E-state index < -0.39 is 11.4 Å². The molecule has 0 bridgehead atoms. The van der Waals surface area contributed by atoms with Crippen molar-refractivity contribution < 1.29 is 4.79 Å². The van der Waals surface area contributed by atoms with Crippen LogP contribution in [0.25, 0.3) is 0 Å². The Morgan fingerprint density at radius 2 is 1.92 bits per heavy atom. The molecule has 0 fully saturated rings. The first-order chi connectivity index (χ1) is 5.25. The van der Waals surface area contributed by atoms with Gasteiger partial charge in [-0.25, -0.2) is 0 Å². The second kappa shape index (κ2) is 2.29. The molecule has 0 aromatic rings. The van der Waals surface area contributed by atoms with Gasteiger partial charge in [-0.3, -0.25) is 15.1 Å². The van der Waals surface area contributed by atoms with Crippen LogP contribution in [0.2, 0.25) is 0 Å². The average Bonchev–Trinajstić information content (AvgIpc) is 1.99. The molecule has 0 atom stereocenters. The lowest BCUT2D eigenvalue weighted by Crippen LogP contribution is -2.51. The first-order valence-electron chi connectivity index (χ1n) is 3.94. The second-order valence-corrected chi connectivity index (χ2v) is 4.13. The topological polar surface area (TPSA) is 67.5 Å². The molecule has 3 N–H and O–H groups in total. The number of primary amides is 1.